The summed E-state index contributed by atoms with van der Waals surface area (Å²) < 4.78 is 9.83. The van der Waals surface area contributed by atoms with Crippen molar-refractivity contribution in [1.29, 1.82) is 0 Å². The highest BCUT2D eigenvalue weighted by Gasteiger charge is 2.34. The van der Waals surface area contributed by atoms with E-state index in [4.69, 9.17) is 21.7 Å². The van der Waals surface area contributed by atoms with Crippen LogP contribution in [0.15, 0.2) is 23.6 Å². The van der Waals surface area contributed by atoms with Gasteiger partial charge in [-0.15, -0.1) is 11.3 Å². The van der Waals surface area contributed by atoms with E-state index in [1.807, 2.05) is 17.5 Å². The van der Waals surface area contributed by atoms with Crippen molar-refractivity contribution in [2.75, 3.05) is 33.4 Å². The van der Waals surface area contributed by atoms with Crippen LogP contribution in [0, 0.1) is 0 Å². The van der Waals surface area contributed by atoms with Crippen LogP contribution in [0.25, 0.3) is 6.08 Å². The van der Waals surface area contributed by atoms with Crippen molar-refractivity contribution in [2.45, 2.75) is 12.5 Å². The SMILES string of the molecule is COCCOC(=O)CC1C(=O)NCCN1C(=S)NC(=O)C=Cc1cccs1. The quantitative estimate of drug-likeness (QED) is 0.293. The van der Waals surface area contributed by atoms with Crippen LogP contribution in [0.2, 0.25) is 0 Å². The summed E-state index contributed by atoms with van der Waals surface area (Å²) in [6.45, 7) is 1.14. The van der Waals surface area contributed by atoms with Crippen molar-refractivity contribution in [2.24, 2.45) is 0 Å². The number of amides is 2. The van der Waals surface area contributed by atoms with E-state index in [2.05, 4.69) is 10.6 Å². The van der Waals surface area contributed by atoms with Gasteiger partial charge in [-0.25, -0.2) is 0 Å². The van der Waals surface area contributed by atoms with E-state index >= 15 is 0 Å². The van der Waals surface area contributed by atoms with Crippen LogP contribution >= 0.6 is 23.6 Å². The number of piperazine rings is 1. The van der Waals surface area contributed by atoms with Crippen LogP contribution in [-0.4, -0.2) is 67.3 Å². The number of ether oxygens (including phenoxy) is 2. The maximum absolute atomic E-state index is 12.2. The van der Waals surface area contributed by atoms with E-state index in [0.717, 1.165) is 4.88 Å². The molecule has 2 heterocycles. The maximum atomic E-state index is 12.2. The summed E-state index contributed by atoms with van der Waals surface area (Å²) in [5.41, 5.74) is 0. The Balaban J connectivity index is 1.93. The molecule has 1 aromatic rings. The summed E-state index contributed by atoms with van der Waals surface area (Å²) in [7, 11) is 1.50. The summed E-state index contributed by atoms with van der Waals surface area (Å²) in [6.07, 6.45) is 2.88. The number of esters is 1. The third-order valence-corrected chi connectivity index (χ3v) is 4.85. The first-order valence-corrected chi connectivity index (χ1v) is 9.55. The second-order valence-electron chi connectivity index (χ2n) is 5.56. The number of thiocarbonyl (C=S) groups is 1. The highest BCUT2D eigenvalue weighted by molar-refractivity contribution is 7.80. The molecule has 2 amide bonds. The van der Waals surface area contributed by atoms with Gasteiger partial charge in [-0.05, 0) is 29.7 Å². The van der Waals surface area contributed by atoms with Gasteiger partial charge >= 0.3 is 5.97 Å². The molecule has 1 fully saturated rings. The fraction of sp³-hybridized carbons (Fsp3) is 0.412. The molecule has 8 nitrogen and oxygen atoms in total. The molecule has 1 saturated heterocycles. The minimum absolute atomic E-state index is 0.0976. The summed E-state index contributed by atoms with van der Waals surface area (Å²) in [5, 5.41) is 7.27. The number of rotatable bonds is 7. The minimum Gasteiger partial charge on any atom is -0.463 e. The van der Waals surface area contributed by atoms with E-state index < -0.39 is 17.9 Å². The van der Waals surface area contributed by atoms with Crippen LogP contribution in [0.4, 0.5) is 0 Å². The molecule has 1 aliphatic rings. The van der Waals surface area contributed by atoms with E-state index in [1.54, 1.807) is 6.08 Å². The number of carbonyl (C=O) groups is 3. The zero-order chi connectivity index (χ0) is 19.6. The van der Waals surface area contributed by atoms with Crippen LogP contribution in [0.1, 0.15) is 11.3 Å². The van der Waals surface area contributed by atoms with Crippen LogP contribution in [0.3, 0.4) is 0 Å². The van der Waals surface area contributed by atoms with Gasteiger partial charge in [0.2, 0.25) is 11.8 Å². The van der Waals surface area contributed by atoms with Gasteiger partial charge in [0.25, 0.3) is 0 Å². The largest absolute Gasteiger partial charge is 0.463 e. The van der Waals surface area contributed by atoms with Gasteiger partial charge < -0.3 is 19.7 Å². The van der Waals surface area contributed by atoms with Gasteiger partial charge in [0, 0.05) is 31.2 Å². The summed E-state index contributed by atoms with van der Waals surface area (Å²) in [5.74, 6) is -1.28. The van der Waals surface area contributed by atoms with Gasteiger partial charge in [-0.1, -0.05) is 6.07 Å². The number of thiophene rings is 1. The molecule has 2 N–H and O–H groups in total. The number of methoxy groups -OCH3 is 1. The average molecular weight is 412 g/mol. The normalized spacial score (nSPS) is 16.9. The van der Waals surface area contributed by atoms with Gasteiger partial charge in [0.15, 0.2) is 5.11 Å². The molecule has 1 aromatic heterocycles. The Morgan fingerprint density at radius 3 is 3.00 bits per heavy atom. The van der Waals surface area contributed by atoms with Crippen LogP contribution in [-0.2, 0) is 23.9 Å². The topological polar surface area (TPSA) is 97.0 Å². The van der Waals surface area contributed by atoms with Crippen molar-refractivity contribution < 1.29 is 23.9 Å². The molecule has 146 valence electrons. The molecule has 0 aliphatic carbocycles. The van der Waals surface area contributed by atoms with Crippen molar-refractivity contribution in [3.05, 3.63) is 28.5 Å². The lowest BCUT2D eigenvalue weighted by molar-refractivity contribution is -0.148. The predicted octanol–water partition coefficient (Wildman–Crippen LogP) is 0.542. The van der Waals surface area contributed by atoms with E-state index in [-0.39, 0.29) is 30.7 Å². The molecule has 27 heavy (non-hydrogen) atoms. The lowest BCUT2D eigenvalue weighted by Crippen LogP contribution is -2.60. The number of nitrogens with zero attached hydrogens (tertiary/aromatic N) is 1. The number of carbonyl (C=O) groups excluding carboxylic acids is 3. The molecule has 0 radical (unpaired) electrons. The standard InChI is InChI=1S/C17H21N3O5S2/c1-24-8-9-25-15(22)11-13-16(23)18-6-7-20(13)17(26)19-14(21)5-4-12-3-2-10-27-12/h2-5,10,13H,6-9,11H2,1H3,(H,18,23)(H,19,21,26). The Labute approximate surface area is 166 Å². The Morgan fingerprint density at radius 2 is 2.30 bits per heavy atom. The van der Waals surface area contributed by atoms with Crippen molar-refractivity contribution in [1.82, 2.24) is 15.5 Å². The van der Waals surface area contributed by atoms with Crippen molar-refractivity contribution >= 4 is 52.5 Å². The van der Waals surface area contributed by atoms with Crippen LogP contribution < -0.4 is 10.6 Å². The summed E-state index contributed by atoms with van der Waals surface area (Å²) >= 11 is 6.77. The highest BCUT2D eigenvalue weighted by atomic mass is 32.1. The van der Waals surface area contributed by atoms with Gasteiger partial charge in [-0.2, -0.15) is 0 Å². The Morgan fingerprint density at radius 1 is 1.48 bits per heavy atom. The number of nitrogens with one attached hydrogen (secondary N) is 2. The Bertz CT molecular complexity index is 705. The predicted molar refractivity (Wildman–Crippen MR) is 105 cm³/mol. The smallest absolute Gasteiger partial charge is 0.308 e. The average Bonchev–Trinajstić information content (AvgIpc) is 3.15. The fourth-order valence-corrected chi connectivity index (χ4v) is 3.32. The molecular weight excluding hydrogens is 390 g/mol. The molecule has 1 atom stereocenters. The molecular formula is C17H21N3O5S2. The molecule has 2 rings (SSSR count). The fourth-order valence-electron chi connectivity index (χ4n) is 2.38. The maximum Gasteiger partial charge on any atom is 0.308 e. The molecule has 1 aliphatic heterocycles. The number of hydrogen-bond acceptors (Lipinski definition) is 7. The second-order valence-corrected chi connectivity index (χ2v) is 6.93. The van der Waals surface area contributed by atoms with E-state index in [1.165, 1.54) is 29.4 Å². The molecule has 1 unspecified atom stereocenters. The third-order valence-electron chi connectivity index (χ3n) is 3.67. The van der Waals surface area contributed by atoms with Gasteiger partial charge in [0.1, 0.15) is 12.6 Å². The summed E-state index contributed by atoms with van der Waals surface area (Å²) in [4.78, 5) is 38.6. The van der Waals surface area contributed by atoms with E-state index in [0.29, 0.717) is 13.1 Å². The molecule has 0 bridgehead atoms. The second kappa shape index (κ2) is 10.8. The monoisotopic (exact) mass is 411 g/mol. The Kier molecular flexibility index (Phi) is 8.37. The zero-order valence-electron chi connectivity index (χ0n) is 14.8. The lowest BCUT2D eigenvalue weighted by atomic mass is 10.1. The molecule has 10 heteroatoms. The molecule has 0 saturated carbocycles. The first-order valence-electron chi connectivity index (χ1n) is 8.26. The minimum atomic E-state index is -0.831. The lowest BCUT2D eigenvalue weighted by Gasteiger charge is -2.36. The number of hydrogen-bond donors (Lipinski definition) is 2. The van der Waals surface area contributed by atoms with Gasteiger partial charge in [-0.3, -0.25) is 19.7 Å². The van der Waals surface area contributed by atoms with Crippen molar-refractivity contribution in [3.8, 4) is 0 Å². The first-order chi connectivity index (χ1) is 13.0. The zero-order valence-corrected chi connectivity index (χ0v) is 16.4. The molecule has 0 aromatic carbocycles. The first kappa shape index (κ1) is 21.0. The third kappa shape index (κ3) is 6.74. The Hall–Kier alpha value is -2.30. The summed E-state index contributed by atoms with van der Waals surface area (Å²) in [6, 6.07) is 2.94. The van der Waals surface area contributed by atoms with E-state index in [9.17, 15) is 14.4 Å². The van der Waals surface area contributed by atoms with Crippen LogP contribution in [0.5, 0.6) is 0 Å². The van der Waals surface area contributed by atoms with Crippen molar-refractivity contribution in [3.63, 3.8) is 0 Å². The molecule has 0 spiro atoms. The highest BCUT2D eigenvalue weighted by Crippen LogP contribution is 2.12. The van der Waals surface area contributed by atoms with Gasteiger partial charge in [0.05, 0.1) is 13.0 Å².